The average Bonchev–Trinajstić information content (AvgIpc) is 2.25. The molecule has 4 heteroatoms. The Morgan fingerprint density at radius 3 is 1.94 bits per heavy atom. The molecule has 0 atom stereocenters. The largest absolute Gasteiger partial charge is 0.364 e. The van der Waals surface area contributed by atoms with Crippen molar-refractivity contribution in [3.63, 3.8) is 0 Å². The smallest absolute Gasteiger partial charge is 0.203 e. The van der Waals surface area contributed by atoms with E-state index in [1.54, 1.807) is 12.1 Å². The van der Waals surface area contributed by atoms with Crippen LogP contribution in [0.1, 0.15) is 0 Å². The second kappa shape index (κ2) is 3.75. The highest BCUT2D eigenvalue weighted by Gasteiger charge is 2.28. The summed E-state index contributed by atoms with van der Waals surface area (Å²) in [7, 11) is 0. The van der Waals surface area contributed by atoms with Crippen LogP contribution in [-0.4, -0.2) is 26.8 Å². The van der Waals surface area contributed by atoms with Crippen LogP contribution in [0.5, 0.6) is 0 Å². The zero-order valence-electron chi connectivity index (χ0n) is 8.54. The van der Waals surface area contributed by atoms with Crippen molar-refractivity contribution in [2.75, 3.05) is 5.32 Å². The predicted octanol–water partition coefficient (Wildman–Crippen LogP) is 0.594. The molecule has 0 fully saturated rings. The fraction of sp³-hybridized carbons (Fsp3) is 0.167. The van der Waals surface area contributed by atoms with Crippen molar-refractivity contribution in [1.82, 2.24) is 0 Å². The molecule has 1 aromatic rings. The third-order valence-electron chi connectivity index (χ3n) is 2.28. The summed E-state index contributed by atoms with van der Waals surface area (Å²) in [5, 5.41) is 31.3. The second-order valence-corrected chi connectivity index (χ2v) is 3.77. The maximum Gasteiger partial charge on any atom is 0.203 e. The predicted molar refractivity (Wildman–Crippen MR) is 60.5 cm³/mol. The number of aliphatic hydroxyl groups is 3. The van der Waals surface area contributed by atoms with Crippen molar-refractivity contribution in [3.8, 4) is 0 Å². The normalized spacial score (nSPS) is 20.7. The first-order chi connectivity index (χ1) is 7.49. The van der Waals surface area contributed by atoms with Crippen molar-refractivity contribution in [3.05, 3.63) is 54.6 Å². The minimum Gasteiger partial charge on any atom is -0.364 e. The molecule has 0 saturated carbocycles. The van der Waals surface area contributed by atoms with Crippen molar-refractivity contribution in [2.24, 2.45) is 0 Å². The van der Waals surface area contributed by atoms with Gasteiger partial charge in [0.15, 0.2) is 5.72 Å². The summed E-state index contributed by atoms with van der Waals surface area (Å²) in [6, 6.07) is 9.15. The Balaban J connectivity index is 2.15. The van der Waals surface area contributed by atoms with Crippen LogP contribution in [-0.2, 0) is 0 Å². The Morgan fingerprint density at radius 2 is 1.38 bits per heavy atom. The number of hydrogen-bond donors (Lipinski definition) is 4. The zero-order valence-corrected chi connectivity index (χ0v) is 8.54. The van der Waals surface area contributed by atoms with E-state index in [-0.39, 0.29) is 0 Å². The van der Waals surface area contributed by atoms with E-state index in [9.17, 15) is 15.3 Å². The molecule has 4 nitrogen and oxygen atoms in total. The van der Waals surface area contributed by atoms with E-state index in [1.165, 1.54) is 12.2 Å². The van der Waals surface area contributed by atoms with E-state index >= 15 is 0 Å². The topological polar surface area (TPSA) is 72.7 Å². The van der Waals surface area contributed by atoms with Gasteiger partial charge in [-0.3, -0.25) is 0 Å². The van der Waals surface area contributed by atoms with Gasteiger partial charge in [0.25, 0.3) is 0 Å². The Morgan fingerprint density at radius 1 is 0.812 bits per heavy atom. The Kier molecular flexibility index (Phi) is 2.55. The molecular formula is C12H13NO3. The second-order valence-electron chi connectivity index (χ2n) is 3.77. The molecule has 0 radical (unpaired) electrons. The van der Waals surface area contributed by atoms with Crippen LogP contribution in [0, 0.1) is 0 Å². The first-order valence-corrected chi connectivity index (χ1v) is 4.90. The highest BCUT2D eigenvalue weighted by molar-refractivity contribution is 5.48. The molecule has 0 heterocycles. The van der Waals surface area contributed by atoms with E-state index in [1.807, 2.05) is 18.2 Å². The molecule has 1 aliphatic rings. The van der Waals surface area contributed by atoms with Gasteiger partial charge in [0.2, 0.25) is 5.79 Å². The van der Waals surface area contributed by atoms with Gasteiger partial charge < -0.3 is 20.6 Å². The number of hydrogen-bond acceptors (Lipinski definition) is 4. The molecule has 0 aromatic heterocycles. The van der Waals surface area contributed by atoms with Gasteiger partial charge >= 0.3 is 0 Å². The summed E-state index contributed by atoms with van der Waals surface area (Å²) >= 11 is 0. The molecule has 0 saturated heterocycles. The number of anilines is 1. The van der Waals surface area contributed by atoms with Gasteiger partial charge in [-0.25, -0.2) is 0 Å². The Bertz CT molecular complexity index is 407. The number of rotatable bonds is 2. The van der Waals surface area contributed by atoms with Crippen LogP contribution >= 0.6 is 0 Å². The average molecular weight is 219 g/mol. The third-order valence-corrected chi connectivity index (χ3v) is 2.28. The number of benzene rings is 1. The van der Waals surface area contributed by atoms with Gasteiger partial charge in [-0.1, -0.05) is 18.2 Å². The molecular weight excluding hydrogens is 206 g/mol. The molecule has 0 amide bonds. The summed E-state index contributed by atoms with van der Waals surface area (Å²) in [4.78, 5) is 0. The van der Waals surface area contributed by atoms with Crippen LogP contribution in [0.4, 0.5) is 5.69 Å². The van der Waals surface area contributed by atoms with Crippen molar-refractivity contribution in [2.45, 2.75) is 11.5 Å². The Hall–Kier alpha value is -1.62. The maximum absolute atomic E-state index is 10.0. The van der Waals surface area contributed by atoms with Crippen LogP contribution in [0.25, 0.3) is 0 Å². The van der Waals surface area contributed by atoms with Crippen LogP contribution in [0.15, 0.2) is 54.6 Å². The van der Waals surface area contributed by atoms with E-state index in [0.29, 0.717) is 0 Å². The van der Waals surface area contributed by atoms with Crippen LogP contribution in [0.2, 0.25) is 0 Å². The van der Waals surface area contributed by atoms with Crippen molar-refractivity contribution in [1.29, 1.82) is 0 Å². The number of para-hydroxylation sites is 1. The lowest BCUT2D eigenvalue weighted by atomic mass is 10.0. The van der Waals surface area contributed by atoms with Crippen molar-refractivity contribution >= 4 is 5.69 Å². The van der Waals surface area contributed by atoms with Gasteiger partial charge in [0.1, 0.15) is 0 Å². The molecule has 0 unspecified atom stereocenters. The van der Waals surface area contributed by atoms with Crippen LogP contribution < -0.4 is 5.32 Å². The van der Waals surface area contributed by atoms with E-state index in [2.05, 4.69) is 5.32 Å². The summed E-state index contributed by atoms with van der Waals surface area (Å²) in [5.74, 6) is -1.98. The minimum absolute atomic E-state index is 0.739. The van der Waals surface area contributed by atoms with E-state index in [4.69, 9.17) is 0 Å². The summed E-state index contributed by atoms with van der Waals surface area (Å²) in [6.45, 7) is 0. The lowest BCUT2D eigenvalue weighted by molar-refractivity contribution is -0.0782. The SMILES string of the molecule is OC1(O)C=CC(O)(Nc2ccccc2)C=C1. The lowest BCUT2D eigenvalue weighted by Gasteiger charge is -2.29. The summed E-state index contributed by atoms with van der Waals surface area (Å²) in [5.41, 5.74) is -0.654. The molecule has 0 aliphatic heterocycles. The fourth-order valence-corrected chi connectivity index (χ4v) is 1.45. The standard InChI is InChI=1S/C12H13NO3/c14-11(6-8-12(15,16)9-7-11)13-10-4-2-1-3-5-10/h1-9,13-16H. The summed E-state index contributed by atoms with van der Waals surface area (Å²) < 4.78 is 0. The molecule has 1 aromatic carbocycles. The lowest BCUT2D eigenvalue weighted by Crippen LogP contribution is -2.39. The highest BCUT2D eigenvalue weighted by Crippen LogP contribution is 2.22. The molecule has 1 aliphatic carbocycles. The molecule has 16 heavy (non-hydrogen) atoms. The third kappa shape index (κ3) is 2.49. The van der Waals surface area contributed by atoms with Gasteiger partial charge in [-0.05, 0) is 36.4 Å². The van der Waals surface area contributed by atoms with Crippen molar-refractivity contribution < 1.29 is 15.3 Å². The van der Waals surface area contributed by atoms with E-state index < -0.39 is 11.5 Å². The Labute approximate surface area is 93.2 Å². The maximum atomic E-state index is 10.0. The number of nitrogens with one attached hydrogen (secondary N) is 1. The first-order valence-electron chi connectivity index (χ1n) is 4.90. The molecule has 0 spiro atoms. The quantitative estimate of drug-likeness (QED) is 0.434. The zero-order chi connectivity index (χ0) is 11.6. The highest BCUT2D eigenvalue weighted by atomic mass is 16.5. The molecule has 2 rings (SSSR count). The van der Waals surface area contributed by atoms with Gasteiger partial charge in [-0.15, -0.1) is 0 Å². The molecule has 84 valence electrons. The van der Waals surface area contributed by atoms with Gasteiger partial charge in [0.05, 0.1) is 0 Å². The first kappa shape index (κ1) is 10.9. The fourth-order valence-electron chi connectivity index (χ4n) is 1.45. The van der Waals surface area contributed by atoms with Gasteiger partial charge in [0, 0.05) is 5.69 Å². The monoisotopic (exact) mass is 219 g/mol. The minimum atomic E-state index is -1.98. The molecule has 4 N–H and O–H groups in total. The summed E-state index contributed by atoms with van der Waals surface area (Å²) in [6.07, 6.45) is 4.81. The van der Waals surface area contributed by atoms with E-state index in [0.717, 1.165) is 17.8 Å². The van der Waals surface area contributed by atoms with Crippen LogP contribution in [0.3, 0.4) is 0 Å². The molecule has 0 bridgehead atoms. The van der Waals surface area contributed by atoms with Gasteiger partial charge in [-0.2, -0.15) is 0 Å².